The summed E-state index contributed by atoms with van der Waals surface area (Å²) in [4.78, 5) is 26.9. The summed E-state index contributed by atoms with van der Waals surface area (Å²) in [5, 5.41) is 20.7. The third-order valence-corrected chi connectivity index (χ3v) is 7.13. The van der Waals surface area contributed by atoms with E-state index in [1.54, 1.807) is 30.3 Å². The van der Waals surface area contributed by atoms with E-state index in [1.807, 2.05) is 62.4 Å². The van der Waals surface area contributed by atoms with Crippen molar-refractivity contribution in [1.82, 2.24) is 0 Å². The smallest absolute Gasteiger partial charge is 0.189 e. The molecule has 0 spiro atoms. The van der Waals surface area contributed by atoms with Crippen LogP contribution in [0.5, 0.6) is 0 Å². The van der Waals surface area contributed by atoms with Gasteiger partial charge in [-0.15, -0.1) is 0 Å². The number of carbonyl (C=O) groups excluding carboxylic acids is 2. The Kier molecular flexibility index (Phi) is 6.83. The van der Waals surface area contributed by atoms with Gasteiger partial charge in [-0.2, -0.15) is 10.5 Å². The number of ketones is 2. The van der Waals surface area contributed by atoms with Crippen LogP contribution in [0, 0.1) is 47.8 Å². The highest BCUT2D eigenvalue weighted by molar-refractivity contribution is 9.10. The molecular formula is C30H23BrN2O2. The summed E-state index contributed by atoms with van der Waals surface area (Å²) in [6, 6.07) is 26.2. The van der Waals surface area contributed by atoms with Crippen LogP contribution in [-0.4, -0.2) is 11.6 Å². The van der Waals surface area contributed by atoms with Crippen LogP contribution in [0.4, 0.5) is 0 Å². The van der Waals surface area contributed by atoms with Crippen LogP contribution < -0.4 is 0 Å². The topological polar surface area (TPSA) is 81.7 Å². The number of aryl methyl sites for hydroxylation is 2. The van der Waals surface area contributed by atoms with Gasteiger partial charge in [-0.05, 0) is 31.5 Å². The first-order valence-corrected chi connectivity index (χ1v) is 12.1. The van der Waals surface area contributed by atoms with Gasteiger partial charge in [-0.1, -0.05) is 93.8 Å². The van der Waals surface area contributed by atoms with E-state index in [2.05, 4.69) is 28.1 Å². The first-order valence-electron chi connectivity index (χ1n) is 11.3. The first-order chi connectivity index (χ1) is 16.8. The minimum absolute atomic E-state index is 0.0423. The number of hydrogen-bond acceptors (Lipinski definition) is 4. The van der Waals surface area contributed by atoms with E-state index < -0.39 is 17.3 Å². The Hall–Kier alpha value is -3.80. The number of Topliss-reactive ketones (excluding diaryl/α,β-unsaturated/α-hetero) is 2. The zero-order chi connectivity index (χ0) is 25.2. The molecule has 0 heterocycles. The minimum atomic E-state index is -1.60. The second-order valence-corrected chi connectivity index (χ2v) is 9.91. The van der Waals surface area contributed by atoms with Gasteiger partial charge in [0.15, 0.2) is 17.0 Å². The fourth-order valence-corrected chi connectivity index (χ4v) is 5.12. The van der Waals surface area contributed by atoms with E-state index in [0.717, 1.165) is 15.6 Å². The van der Waals surface area contributed by atoms with E-state index in [4.69, 9.17) is 0 Å². The highest BCUT2D eigenvalue weighted by atomic mass is 79.9. The number of rotatable bonds is 6. The zero-order valence-electron chi connectivity index (χ0n) is 19.5. The molecule has 2 atom stereocenters. The van der Waals surface area contributed by atoms with Crippen molar-refractivity contribution in [3.8, 4) is 12.1 Å². The van der Waals surface area contributed by atoms with Crippen molar-refractivity contribution in [3.63, 3.8) is 0 Å². The average molecular weight is 523 g/mol. The highest BCUT2D eigenvalue weighted by Crippen LogP contribution is 2.54. The molecule has 0 saturated carbocycles. The quantitative estimate of drug-likeness (QED) is 0.329. The molecule has 3 aromatic rings. The van der Waals surface area contributed by atoms with Gasteiger partial charge in [-0.25, -0.2) is 0 Å². The molecule has 0 N–H and O–H groups in total. The number of nitrogens with zero attached hydrogens (tertiary/aromatic N) is 2. The Balaban J connectivity index is 1.83. The van der Waals surface area contributed by atoms with Crippen molar-refractivity contribution in [1.29, 1.82) is 10.5 Å². The lowest BCUT2D eigenvalue weighted by atomic mass is 9.67. The minimum Gasteiger partial charge on any atom is -0.294 e. The second kappa shape index (κ2) is 9.82. The van der Waals surface area contributed by atoms with Crippen LogP contribution in [-0.2, 0) is 0 Å². The molecule has 5 heteroatoms. The summed E-state index contributed by atoms with van der Waals surface area (Å²) < 4.78 is 0.779. The number of allylic oxidation sites excluding steroid dienone is 2. The Morgan fingerprint density at radius 1 is 0.886 bits per heavy atom. The Bertz CT molecular complexity index is 1390. The maximum absolute atomic E-state index is 13.7. The van der Waals surface area contributed by atoms with Crippen LogP contribution in [0.25, 0.3) is 0 Å². The Morgan fingerprint density at radius 2 is 1.46 bits per heavy atom. The first kappa shape index (κ1) is 24.3. The summed E-state index contributed by atoms with van der Waals surface area (Å²) in [6.07, 6.45) is 1.64. The second-order valence-electron chi connectivity index (χ2n) is 9.00. The standard InChI is InChI=1S/C30H23BrN2O2/c1-19-6-10-21(11-7-19)27(34)16-24-15-26(29(35)22-12-8-20(2)9-13-22)28(30(24,17-32)18-33)23-4-3-5-25(31)14-23/h3-15,24,28H,16H2,1-2H3/t24-,28+/m1/s1. The van der Waals surface area contributed by atoms with E-state index in [1.165, 1.54) is 0 Å². The van der Waals surface area contributed by atoms with Crippen LogP contribution in [0.15, 0.2) is 88.9 Å². The number of benzene rings is 3. The van der Waals surface area contributed by atoms with Crippen molar-refractivity contribution in [2.24, 2.45) is 11.3 Å². The lowest BCUT2D eigenvalue weighted by molar-refractivity contribution is 0.0955. The molecule has 0 bridgehead atoms. The molecular weight excluding hydrogens is 500 g/mol. The third-order valence-electron chi connectivity index (χ3n) is 6.64. The molecule has 0 radical (unpaired) electrons. The van der Waals surface area contributed by atoms with Crippen molar-refractivity contribution in [3.05, 3.63) is 117 Å². The zero-order valence-corrected chi connectivity index (χ0v) is 21.0. The van der Waals surface area contributed by atoms with E-state index in [9.17, 15) is 20.1 Å². The molecule has 0 amide bonds. The molecule has 1 aliphatic carbocycles. The maximum atomic E-state index is 13.7. The van der Waals surface area contributed by atoms with Crippen LogP contribution in [0.2, 0.25) is 0 Å². The van der Waals surface area contributed by atoms with Gasteiger partial charge in [0.05, 0.1) is 12.1 Å². The van der Waals surface area contributed by atoms with Crippen LogP contribution in [0.3, 0.4) is 0 Å². The molecule has 1 aliphatic rings. The lowest BCUT2D eigenvalue weighted by Crippen LogP contribution is -2.32. The maximum Gasteiger partial charge on any atom is 0.189 e. The van der Waals surface area contributed by atoms with Gasteiger partial charge in [0.25, 0.3) is 0 Å². The lowest BCUT2D eigenvalue weighted by Gasteiger charge is -2.29. The summed E-state index contributed by atoms with van der Waals surface area (Å²) >= 11 is 3.47. The van der Waals surface area contributed by atoms with Gasteiger partial charge in [0, 0.05) is 39.4 Å². The fourth-order valence-electron chi connectivity index (χ4n) is 4.71. The summed E-state index contributed by atoms with van der Waals surface area (Å²) in [5.74, 6) is -1.94. The van der Waals surface area contributed by atoms with Crippen molar-refractivity contribution in [2.75, 3.05) is 0 Å². The van der Waals surface area contributed by atoms with Crippen LogP contribution in [0.1, 0.15) is 49.7 Å². The van der Waals surface area contributed by atoms with E-state index >= 15 is 0 Å². The van der Waals surface area contributed by atoms with Crippen LogP contribution >= 0.6 is 15.9 Å². The molecule has 0 saturated heterocycles. The fraction of sp³-hybridized carbons (Fsp3) is 0.200. The number of hydrogen-bond donors (Lipinski definition) is 0. The number of nitriles is 2. The number of halogens is 1. The molecule has 4 rings (SSSR count). The van der Waals surface area contributed by atoms with Gasteiger partial charge in [0.2, 0.25) is 0 Å². The van der Waals surface area contributed by atoms with Gasteiger partial charge in [-0.3, -0.25) is 9.59 Å². The highest BCUT2D eigenvalue weighted by Gasteiger charge is 2.54. The predicted molar refractivity (Wildman–Crippen MR) is 138 cm³/mol. The van der Waals surface area contributed by atoms with Gasteiger partial charge < -0.3 is 0 Å². The SMILES string of the molecule is Cc1ccc(C(=O)C[C@H]2C=C(C(=O)c3ccc(C)cc3)[C@H](c3cccc(Br)c3)C2(C#N)C#N)cc1. The van der Waals surface area contributed by atoms with E-state index in [0.29, 0.717) is 22.3 Å². The molecule has 4 nitrogen and oxygen atoms in total. The van der Waals surface area contributed by atoms with Gasteiger partial charge in [0.1, 0.15) is 0 Å². The third kappa shape index (κ3) is 4.61. The molecule has 172 valence electrons. The number of carbonyl (C=O) groups is 2. The molecule has 3 aromatic carbocycles. The average Bonchev–Trinajstić information content (AvgIpc) is 3.18. The van der Waals surface area contributed by atoms with Crippen molar-refractivity contribution in [2.45, 2.75) is 26.2 Å². The molecule has 0 fully saturated rings. The normalized spacial score (nSPS) is 18.3. The summed E-state index contributed by atoms with van der Waals surface area (Å²) in [5.41, 5.74) is 2.51. The van der Waals surface area contributed by atoms with Crippen molar-refractivity contribution >= 4 is 27.5 Å². The monoisotopic (exact) mass is 522 g/mol. The molecule has 0 aromatic heterocycles. The van der Waals surface area contributed by atoms with Gasteiger partial charge >= 0.3 is 0 Å². The molecule has 35 heavy (non-hydrogen) atoms. The molecule has 0 aliphatic heterocycles. The molecule has 0 unspecified atom stereocenters. The summed E-state index contributed by atoms with van der Waals surface area (Å²) in [6.45, 7) is 3.88. The van der Waals surface area contributed by atoms with E-state index in [-0.39, 0.29) is 18.0 Å². The van der Waals surface area contributed by atoms with Crippen molar-refractivity contribution < 1.29 is 9.59 Å². The summed E-state index contributed by atoms with van der Waals surface area (Å²) in [7, 11) is 0. The Morgan fingerprint density at radius 3 is 2.00 bits per heavy atom. The Labute approximate surface area is 213 Å². The largest absolute Gasteiger partial charge is 0.294 e. The predicted octanol–water partition coefficient (Wildman–Crippen LogP) is 6.90.